The molecule has 1 fully saturated rings. The van der Waals surface area contributed by atoms with Crippen LogP contribution in [0.25, 0.3) is 6.20 Å². The number of carbonyl (C=O) groups is 2. The monoisotopic (exact) mass is 420 g/mol. The average Bonchev–Trinajstić information content (AvgIpc) is 3.09. The molecule has 1 aromatic heterocycles. The SMILES string of the molecule is COC(=O)NC(C)(C)/C=C/n1ncc(C(=O)NC2CCC(C)CC2)c1OCC(C)C. The molecule has 0 saturated heterocycles. The summed E-state index contributed by atoms with van der Waals surface area (Å²) < 4.78 is 12.1. The number of carbonyl (C=O) groups excluding carboxylic acids is 2. The summed E-state index contributed by atoms with van der Waals surface area (Å²) in [5, 5.41) is 10.2. The molecular formula is C22H36N4O4. The highest BCUT2D eigenvalue weighted by Crippen LogP contribution is 2.25. The first-order valence-electron chi connectivity index (χ1n) is 10.7. The smallest absolute Gasteiger partial charge is 0.407 e. The van der Waals surface area contributed by atoms with Crippen molar-refractivity contribution in [3.63, 3.8) is 0 Å². The van der Waals surface area contributed by atoms with Crippen LogP contribution in [-0.4, -0.2) is 47.1 Å². The number of hydrogen-bond donors (Lipinski definition) is 2. The lowest BCUT2D eigenvalue weighted by molar-refractivity contribution is 0.0917. The summed E-state index contributed by atoms with van der Waals surface area (Å²) in [6.45, 7) is 10.5. The molecule has 1 aromatic rings. The fourth-order valence-corrected chi connectivity index (χ4v) is 3.28. The van der Waals surface area contributed by atoms with Crippen molar-refractivity contribution in [3.05, 3.63) is 17.8 Å². The molecule has 1 saturated carbocycles. The number of methoxy groups -OCH3 is 1. The number of nitrogens with zero attached hydrogens (tertiary/aromatic N) is 2. The normalized spacial score (nSPS) is 19.7. The van der Waals surface area contributed by atoms with Gasteiger partial charge in [0.1, 0.15) is 5.56 Å². The van der Waals surface area contributed by atoms with Crippen LogP contribution in [0.2, 0.25) is 0 Å². The molecular weight excluding hydrogens is 384 g/mol. The van der Waals surface area contributed by atoms with E-state index in [0.29, 0.717) is 24.0 Å². The number of hydrogen-bond acceptors (Lipinski definition) is 5. The van der Waals surface area contributed by atoms with Gasteiger partial charge in [-0.05, 0) is 57.4 Å². The minimum Gasteiger partial charge on any atom is -0.477 e. The van der Waals surface area contributed by atoms with Gasteiger partial charge in [0.2, 0.25) is 5.88 Å². The summed E-state index contributed by atoms with van der Waals surface area (Å²) in [7, 11) is 1.32. The molecule has 8 nitrogen and oxygen atoms in total. The highest BCUT2D eigenvalue weighted by atomic mass is 16.5. The molecule has 168 valence electrons. The second kappa shape index (κ2) is 10.5. The van der Waals surface area contributed by atoms with E-state index >= 15 is 0 Å². The van der Waals surface area contributed by atoms with Crippen molar-refractivity contribution < 1.29 is 19.1 Å². The van der Waals surface area contributed by atoms with Crippen molar-refractivity contribution >= 4 is 18.2 Å². The van der Waals surface area contributed by atoms with Gasteiger partial charge in [-0.1, -0.05) is 20.8 Å². The lowest BCUT2D eigenvalue weighted by atomic mass is 9.87. The fourth-order valence-electron chi connectivity index (χ4n) is 3.28. The average molecular weight is 421 g/mol. The summed E-state index contributed by atoms with van der Waals surface area (Å²) in [6.07, 6.45) is 8.71. The van der Waals surface area contributed by atoms with E-state index in [9.17, 15) is 9.59 Å². The molecule has 2 amide bonds. The number of nitrogens with one attached hydrogen (secondary N) is 2. The maximum atomic E-state index is 12.9. The van der Waals surface area contributed by atoms with Crippen molar-refractivity contribution in [1.29, 1.82) is 0 Å². The summed E-state index contributed by atoms with van der Waals surface area (Å²) in [5.41, 5.74) is -0.257. The van der Waals surface area contributed by atoms with Gasteiger partial charge in [-0.3, -0.25) is 4.79 Å². The molecule has 0 atom stereocenters. The highest BCUT2D eigenvalue weighted by Gasteiger charge is 2.25. The standard InChI is InChI=1S/C22H36N4O4/c1-15(2)14-30-20-18(19(27)24-17-9-7-16(3)8-10-17)13-23-26(20)12-11-22(4,5)25-21(28)29-6/h11-13,15-17H,7-10,14H2,1-6H3,(H,24,27)(H,25,28)/b12-11+. The van der Waals surface area contributed by atoms with Crippen molar-refractivity contribution in [3.8, 4) is 5.88 Å². The van der Waals surface area contributed by atoms with Gasteiger partial charge in [0.15, 0.2) is 0 Å². The van der Waals surface area contributed by atoms with Gasteiger partial charge in [-0.2, -0.15) is 5.10 Å². The highest BCUT2D eigenvalue weighted by molar-refractivity contribution is 5.96. The first-order chi connectivity index (χ1) is 14.1. The molecule has 8 heteroatoms. The molecule has 0 aromatic carbocycles. The Kier molecular flexibility index (Phi) is 8.32. The Morgan fingerprint density at radius 1 is 1.30 bits per heavy atom. The Hall–Kier alpha value is -2.51. The Morgan fingerprint density at radius 2 is 1.97 bits per heavy atom. The van der Waals surface area contributed by atoms with Crippen LogP contribution < -0.4 is 15.4 Å². The van der Waals surface area contributed by atoms with Crippen molar-refractivity contribution in [1.82, 2.24) is 20.4 Å². The topological polar surface area (TPSA) is 94.5 Å². The number of ether oxygens (including phenoxy) is 2. The van der Waals surface area contributed by atoms with Crippen LogP contribution >= 0.6 is 0 Å². The number of alkyl carbamates (subject to hydrolysis) is 1. The summed E-state index contributed by atoms with van der Waals surface area (Å²) >= 11 is 0. The van der Waals surface area contributed by atoms with Gasteiger partial charge >= 0.3 is 6.09 Å². The third-order valence-electron chi connectivity index (χ3n) is 5.14. The van der Waals surface area contributed by atoms with E-state index in [1.807, 2.05) is 27.7 Å². The third-order valence-corrected chi connectivity index (χ3v) is 5.14. The van der Waals surface area contributed by atoms with E-state index in [1.165, 1.54) is 18.0 Å². The zero-order valence-corrected chi connectivity index (χ0v) is 19.0. The van der Waals surface area contributed by atoms with Crippen LogP contribution in [0.15, 0.2) is 12.3 Å². The van der Waals surface area contributed by atoms with Crippen LogP contribution in [0.3, 0.4) is 0 Å². The largest absolute Gasteiger partial charge is 0.477 e. The van der Waals surface area contributed by atoms with Gasteiger partial charge < -0.3 is 20.1 Å². The molecule has 1 heterocycles. The summed E-state index contributed by atoms with van der Waals surface area (Å²) in [4.78, 5) is 24.4. The Balaban J connectivity index is 2.18. The number of amides is 2. The molecule has 0 spiro atoms. The van der Waals surface area contributed by atoms with E-state index in [1.54, 1.807) is 12.3 Å². The molecule has 0 aliphatic heterocycles. The lowest BCUT2D eigenvalue weighted by Gasteiger charge is -2.26. The van der Waals surface area contributed by atoms with Crippen LogP contribution in [0.1, 0.15) is 70.7 Å². The maximum Gasteiger partial charge on any atom is 0.407 e. The van der Waals surface area contributed by atoms with Gasteiger partial charge in [0.25, 0.3) is 5.91 Å². The van der Waals surface area contributed by atoms with Crippen LogP contribution in [-0.2, 0) is 4.74 Å². The van der Waals surface area contributed by atoms with E-state index < -0.39 is 11.6 Å². The molecule has 2 N–H and O–H groups in total. The molecule has 1 aliphatic rings. The van der Waals surface area contributed by atoms with E-state index in [2.05, 4.69) is 27.4 Å². The molecule has 2 rings (SSSR count). The van der Waals surface area contributed by atoms with Crippen molar-refractivity contribution in [2.75, 3.05) is 13.7 Å². The predicted molar refractivity (Wildman–Crippen MR) is 116 cm³/mol. The van der Waals surface area contributed by atoms with Gasteiger partial charge in [0, 0.05) is 12.2 Å². The van der Waals surface area contributed by atoms with Gasteiger partial charge in [-0.25, -0.2) is 9.48 Å². The predicted octanol–water partition coefficient (Wildman–Crippen LogP) is 3.83. The second-order valence-corrected chi connectivity index (χ2v) is 9.10. The third kappa shape index (κ3) is 7.07. The van der Waals surface area contributed by atoms with E-state index in [4.69, 9.17) is 4.74 Å². The molecule has 0 radical (unpaired) electrons. The zero-order valence-electron chi connectivity index (χ0n) is 19.0. The zero-order chi connectivity index (χ0) is 22.3. The molecule has 0 bridgehead atoms. The fraction of sp³-hybridized carbons (Fsp3) is 0.682. The Bertz CT molecular complexity index is 746. The molecule has 0 unspecified atom stereocenters. The first kappa shape index (κ1) is 23.8. The maximum absolute atomic E-state index is 12.9. The second-order valence-electron chi connectivity index (χ2n) is 9.10. The summed E-state index contributed by atoms with van der Waals surface area (Å²) in [5.74, 6) is 1.25. The molecule has 1 aliphatic carbocycles. The van der Waals surface area contributed by atoms with E-state index in [0.717, 1.165) is 31.6 Å². The van der Waals surface area contributed by atoms with Crippen LogP contribution in [0.5, 0.6) is 5.88 Å². The summed E-state index contributed by atoms with van der Waals surface area (Å²) in [6, 6.07) is 0.189. The number of aromatic nitrogens is 2. The van der Waals surface area contributed by atoms with Crippen molar-refractivity contribution in [2.24, 2.45) is 11.8 Å². The van der Waals surface area contributed by atoms with E-state index in [-0.39, 0.29) is 11.9 Å². The number of rotatable bonds is 8. The minimum absolute atomic E-state index is 0.167. The van der Waals surface area contributed by atoms with Crippen LogP contribution in [0, 0.1) is 11.8 Å². The van der Waals surface area contributed by atoms with Gasteiger partial charge in [-0.15, -0.1) is 0 Å². The Morgan fingerprint density at radius 3 is 2.57 bits per heavy atom. The lowest BCUT2D eigenvalue weighted by Crippen LogP contribution is -2.41. The molecule has 30 heavy (non-hydrogen) atoms. The van der Waals surface area contributed by atoms with Gasteiger partial charge in [0.05, 0.1) is 25.5 Å². The first-order valence-corrected chi connectivity index (χ1v) is 10.7. The minimum atomic E-state index is -0.671. The van der Waals surface area contributed by atoms with Crippen molar-refractivity contribution in [2.45, 2.75) is 71.9 Å². The quantitative estimate of drug-likeness (QED) is 0.666. The Labute approximate surface area is 179 Å². The van der Waals surface area contributed by atoms with Crippen LogP contribution in [0.4, 0.5) is 4.79 Å².